The first kappa shape index (κ1) is 23.3. The van der Waals surface area contributed by atoms with Crippen molar-refractivity contribution in [2.75, 3.05) is 22.9 Å². The number of thioether (sulfide) groups is 1. The number of amides is 1. The predicted octanol–water partition coefficient (Wildman–Crippen LogP) is 4.28. The van der Waals surface area contributed by atoms with Gasteiger partial charge in [0.05, 0.1) is 23.4 Å². The second-order valence-electron chi connectivity index (χ2n) is 6.91. The predicted molar refractivity (Wildman–Crippen MR) is 129 cm³/mol. The fraction of sp³-hybridized carbons (Fsp3) is 0.0870. The highest BCUT2D eigenvalue weighted by Crippen LogP contribution is 2.26. The average molecular weight is 497 g/mol. The van der Waals surface area contributed by atoms with Crippen LogP contribution in [0.15, 0.2) is 93.4 Å². The van der Waals surface area contributed by atoms with E-state index in [2.05, 4.69) is 20.2 Å². The van der Waals surface area contributed by atoms with Crippen molar-refractivity contribution in [1.82, 2.24) is 10.2 Å². The molecule has 34 heavy (non-hydrogen) atoms. The second-order valence-corrected chi connectivity index (χ2v) is 9.52. The zero-order valence-electron chi connectivity index (χ0n) is 18.0. The summed E-state index contributed by atoms with van der Waals surface area (Å²) in [4.78, 5) is 12.4. The van der Waals surface area contributed by atoms with Gasteiger partial charge in [0.2, 0.25) is 11.8 Å². The molecule has 4 rings (SSSR count). The Bertz CT molecular complexity index is 1370. The Morgan fingerprint density at radius 3 is 2.41 bits per heavy atom. The average Bonchev–Trinajstić information content (AvgIpc) is 3.33. The zero-order valence-corrected chi connectivity index (χ0v) is 19.6. The standard InChI is InChI=1S/C23H20N4O5S2/c1-31-20-10-6-5-9-19(20)24-21(28)15-33-23-26-25-22(32-23)16-11-13-17(14-12-16)27-34(29,30)18-7-3-2-4-8-18/h2-14,27H,15H2,1H3,(H,24,28). The number of rotatable bonds is 9. The Labute approximate surface area is 200 Å². The van der Waals surface area contributed by atoms with Crippen LogP contribution in [0.4, 0.5) is 11.4 Å². The summed E-state index contributed by atoms with van der Waals surface area (Å²) in [6.07, 6.45) is 0. The number of nitrogens with zero attached hydrogens (tertiary/aromatic N) is 2. The highest BCUT2D eigenvalue weighted by molar-refractivity contribution is 7.99. The minimum absolute atomic E-state index is 0.0693. The van der Waals surface area contributed by atoms with Crippen LogP contribution in [-0.2, 0) is 14.8 Å². The third kappa shape index (κ3) is 5.74. The minimum atomic E-state index is -3.68. The molecule has 0 aliphatic rings. The topological polar surface area (TPSA) is 123 Å². The maximum absolute atomic E-state index is 12.4. The lowest BCUT2D eigenvalue weighted by Crippen LogP contribution is -2.14. The lowest BCUT2D eigenvalue weighted by atomic mass is 10.2. The molecule has 1 amide bonds. The van der Waals surface area contributed by atoms with Gasteiger partial charge in [-0.15, -0.1) is 10.2 Å². The lowest BCUT2D eigenvalue weighted by molar-refractivity contribution is -0.113. The first-order chi connectivity index (χ1) is 16.4. The van der Waals surface area contributed by atoms with Gasteiger partial charge in [-0.25, -0.2) is 8.42 Å². The third-order valence-electron chi connectivity index (χ3n) is 4.55. The van der Waals surface area contributed by atoms with E-state index in [1.165, 1.54) is 19.2 Å². The van der Waals surface area contributed by atoms with Crippen LogP contribution in [-0.4, -0.2) is 37.4 Å². The molecule has 0 aliphatic carbocycles. The van der Waals surface area contributed by atoms with Crippen LogP contribution in [0.1, 0.15) is 0 Å². The molecular formula is C23H20N4O5S2. The van der Waals surface area contributed by atoms with E-state index in [-0.39, 0.29) is 27.7 Å². The number of para-hydroxylation sites is 2. The van der Waals surface area contributed by atoms with Crippen LogP contribution in [0, 0.1) is 0 Å². The number of hydrogen-bond donors (Lipinski definition) is 2. The second kappa shape index (κ2) is 10.4. The molecule has 0 atom stereocenters. The van der Waals surface area contributed by atoms with Crippen LogP contribution in [0.2, 0.25) is 0 Å². The number of sulfonamides is 1. The number of nitrogens with one attached hydrogen (secondary N) is 2. The molecule has 9 nitrogen and oxygen atoms in total. The van der Waals surface area contributed by atoms with Gasteiger partial charge in [0.25, 0.3) is 15.2 Å². The largest absolute Gasteiger partial charge is 0.495 e. The molecule has 0 fully saturated rings. The Morgan fingerprint density at radius 2 is 1.68 bits per heavy atom. The van der Waals surface area contributed by atoms with Gasteiger partial charge in [-0.3, -0.25) is 9.52 Å². The van der Waals surface area contributed by atoms with Crippen molar-refractivity contribution >= 4 is 39.1 Å². The number of benzene rings is 3. The summed E-state index contributed by atoms with van der Waals surface area (Å²) in [5.41, 5.74) is 1.58. The van der Waals surface area contributed by atoms with E-state index >= 15 is 0 Å². The van der Waals surface area contributed by atoms with E-state index in [9.17, 15) is 13.2 Å². The van der Waals surface area contributed by atoms with E-state index in [0.717, 1.165) is 11.8 Å². The van der Waals surface area contributed by atoms with Gasteiger partial charge >= 0.3 is 0 Å². The van der Waals surface area contributed by atoms with Crippen molar-refractivity contribution in [3.8, 4) is 17.2 Å². The number of hydrogen-bond acceptors (Lipinski definition) is 8. The molecular weight excluding hydrogens is 476 g/mol. The molecule has 174 valence electrons. The monoisotopic (exact) mass is 496 g/mol. The van der Waals surface area contributed by atoms with Crippen molar-refractivity contribution < 1.29 is 22.4 Å². The summed E-state index contributed by atoms with van der Waals surface area (Å²) in [5.74, 6) is 0.643. The van der Waals surface area contributed by atoms with Crippen molar-refractivity contribution in [2.24, 2.45) is 0 Å². The van der Waals surface area contributed by atoms with Gasteiger partial charge in [-0.2, -0.15) is 0 Å². The highest BCUT2D eigenvalue weighted by Gasteiger charge is 2.15. The highest BCUT2D eigenvalue weighted by atomic mass is 32.2. The van der Waals surface area contributed by atoms with Gasteiger partial charge in [0.1, 0.15) is 5.75 Å². The van der Waals surface area contributed by atoms with E-state index in [4.69, 9.17) is 9.15 Å². The molecule has 4 aromatic rings. The molecule has 0 saturated carbocycles. The minimum Gasteiger partial charge on any atom is -0.495 e. The van der Waals surface area contributed by atoms with E-state index in [1.807, 2.05) is 6.07 Å². The summed E-state index contributed by atoms with van der Waals surface area (Å²) >= 11 is 1.10. The van der Waals surface area contributed by atoms with Crippen molar-refractivity contribution in [1.29, 1.82) is 0 Å². The van der Waals surface area contributed by atoms with Crippen LogP contribution in [0.5, 0.6) is 5.75 Å². The molecule has 3 aromatic carbocycles. The molecule has 0 spiro atoms. The van der Waals surface area contributed by atoms with Gasteiger partial charge < -0.3 is 14.5 Å². The summed E-state index contributed by atoms with van der Waals surface area (Å²) in [7, 11) is -2.15. The SMILES string of the molecule is COc1ccccc1NC(=O)CSc1nnc(-c2ccc(NS(=O)(=O)c3ccccc3)cc2)o1. The fourth-order valence-electron chi connectivity index (χ4n) is 2.94. The number of carbonyl (C=O) groups excluding carboxylic acids is 1. The Hall–Kier alpha value is -3.83. The van der Waals surface area contributed by atoms with Crippen LogP contribution in [0.3, 0.4) is 0 Å². The quantitative estimate of drug-likeness (QED) is 0.329. The van der Waals surface area contributed by atoms with Crippen LogP contribution < -0.4 is 14.8 Å². The van der Waals surface area contributed by atoms with Crippen LogP contribution >= 0.6 is 11.8 Å². The maximum Gasteiger partial charge on any atom is 0.277 e. The Kier molecular flexibility index (Phi) is 7.14. The number of methoxy groups -OCH3 is 1. The normalized spacial score (nSPS) is 11.1. The van der Waals surface area contributed by atoms with Crippen LogP contribution in [0.25, 0.3) is 11.5 Å². The number of anilines is 2. The Balaban J connectivity index is 1.35. The van der Waals surface area contributed by atoms with E-state index in [1.54, 1.807) is 60.7 Å². The maximum atomic E-state index is 12.4. The van der Waals surface area contributed by atoms with Gasteiger partial charge in [0, 0.05) is 11.3 Å². The lowest BCUT2D eigenvalue weighted by Gasteiger charge is -2.08. The third-order valence-corrected chi connectivity index (χ3v) is 6.77. The van der Waals surface area contributed by atoms with Gasteiger partial charge in [0.15, 0.2) is 0 Å². The molecule has 1 aromatic heterocycles. The van der Waals surface area contributed by atoms with E-state index in [0.29, 0.717) is 22.7 Å². The molecule has 11 heteroatoms. The molecule has 0 bridgehead atoms. The Morgan fingerprint density at radius 1 is 0.971 bits per heavy atom. The summed E-state index contributed by atoms with van der Waals surface area (Å²) in [5, 5.41) is 11.0. The molecule has 0 saturated heterocycles. The summed E-state index contributed by atoms with van der Waals surface area (Å²) in [6, 6.07) is 21.8. The van der Waals surface area contributed by atoms with Gasteiger partial charge in [-0.1, -0.05) is 42.1 Å². The summed E-state index contributed by atoms with van der Waals surface area (Å²) in [6.45, 7) is 0. The number of carbonyl (C=O) groups is 1. The molecule has 0 aliphatic heterocycles. The first-order valence-electron chi connectivity index (χ1n) is 10.0. The smallest absolute Gasteiger partial charge is 0.277 e. The van der Waals surface area contributed by atoms with Crippen molar-refractivity contribution in [2.45, 2.75) is 10.1 Å². The summed E-state index contributed by atoms with van der Waals surface area (Å²) < 4.78 is 38.3. The molecule has 2 N–H and O–H groups in total. The number of aromatic nitrogens is 2. The zero-order chi connectivity index (χ0) is 24.0. The van der Waals surface area contributed by atoms with E-state index < -0.39 is 10.0 Å². The van der Waals surface area contributed by atoms with Gasteiger partial charge in [-0.05, 0) is 48.5 Å². The molecule has 1 heterocycles. The number of ether oxygens (including phenoxy) is 1. The fourth-order valence-corrected chi connectivity index (χ4v) is 4.58. The molecule has 0 radical (unpaired) electrons. The first-order valence-corrected chi connectivity index (χ1v) is 12.5. The molecule has 0 unspecified atom stereocenters. The van der Waals surface area contributed by atoms with Crippen molar-refractivity contribution in [3.05, 3.63) is 78.9 Å². The van der Waals surface area contributed by atoms with Crippen molar-refractivity contribution in [3.63, 3.8) is 0 Å².